The first-order valence-electron chi connectivity index (χ1n) is 8.58. The molecule has 2 aromatic rings. The van der Waals surface area contributed by atoms with E-state index < -0.39 is 0 Å². The van der Waals surface area contributed by atoms with Crippen molar-refractivity contribution in [3.8, 4) is 5.75 Å². The highest BCUT2D eigenvalue weighted by Gasteiger charge is 2.27. The predicted octanol–water partition coefficient (Wildman–Crippen LogP) is 5.75. The molecule has 0 aromatic heterocycles. The van der Waals surface area contributed by atoms with E-state index in [1.807, 2.05) is 6.07 Å². The highest BCUT2D eigenvalue weighted by Crippen LogP contribution is 2.40. The van der Waals surface area contributed by atoms with Gasteiger partial charge in [-0.1, -0.05) is 48.5 Å². The first-order chi connectivity index (χ1) is 10.5. The van der Waals surface area contributed by atoms with Gasteiger partial charge in [0, 0.05) is 16.5 Å². The molecule has 0 heterocycles. The van der Waals surface area contributed by atoms with Crippen LogP contribution < -0.4 is 5.73 Å². The first kappa shape index (κ1) is 17.7. The van der Waals surface area contributed by atoms with Crippen molar-refractivity contribution in [3.63, 3.8) is 0 Å². The molecule has 0 spiro atoms. The van der Waals surface area contributed by atoms with E-state index in [0.29, 0.717) is 11.7 Å². The average molecular weight is 313 g/mol. The largest absolute Gasteiger partial charge is 0.507 e. The third-order valence-electron chi connectivity index (χ3n) is 5.93. The van der Waals surface area contributed by atoms with E-state index in [0.717, 1.165) is 28.4 Å². The number of fused-ring (bicyclic) bond motifs is 1. The van der Waals surface area contributed by atoms with Crippen molar-refractivity contribution in [2.24, 2.45) is 5.92 Å². The summed E-state index contributed by atoms with van der Waals surface area (Å²) >= 11 is 0. The van der Waals surface area contributed by atoms with Crippen LogP contribution >= 0.6 is 0 Å². The molecule has 0 saturated heterocycles. The number of hydrogen-bond donors (Lipinski definition) is 2. The van der Waals surface area contributed by atoms with E-state index in [4.69, 9.17) is 5.73 Å². The fraction of sp³-hybridized carbons (Fsp3) is 0.524. The van der Waals surface area contributed by atoms with Crippen molar-refractivity contribution in [1.82, 2.24) is 0 Å². The summed E-state index contributed by atoms with van der Waals surface area (Å²) in [6.45, 7) is 15.4. The highest BCUT2D eigenvalue weighted by atomic mass is 16.3. The smallest absolute Gasteiger partial charge is 0.123 e. The van der Waals surface area contributed by atoms with Gasteiger partial charge in [0.25, 0.3) is 0 Å². The van der Waals surface area contributed by atoms with Gasteiger partial charge in [-0.15, -0.1) is 0 Å². The number of hydrogen-bond acceptors (Lipinski definition) is 2. The molecule has 0 aliphatic rings. The number of nitrogens with two attached hydrogens (primary N) is 1. The minimum absolute atomic E-state index is 0.0144. The molecule has 0 fully saturated rings. The number of phenols is 1. The van der Waals surface area contributed by atoms with Crippen LogP contribution in [0.3, 0.4) is 0 Å². The van der Waals surface area contributed by atoms with E-state index in [-0.39, 0.29) is 10.8 Å². The van der Waals surface area contributed by atoms with Crippen LogP contribution in [0.5, 0.6) is 5.75 Å². The van der Waals surface area contributed by atoms with E-state index in [1.165, 1.54) is 5.56 Å². The fourth-order valence-corrected chi connectivity index (χ4v) is 2.77. The van der Waals surface area contributed by atoms with Gasteiger partial charge in [0.2, 0.25) is 0 Å². The van der Waals surface area contributed by atoms with Crippen LogP contribution in [0.2, 0.25) is 0 Å². The maximum absolute atomic E-state index is 10.6. The minimum Gasteiger partial charge on any atom is -0.507 e. The van der Waals surface area contributed by atoms with Crippen molar-refractivity contribution in [2.75, 3.05) is 5.73 Å². The average Bonchev–Trinajstić information content (AvgIpc) is 2.47. The number of anilines is 1. The van der Waals surface area contributed by atoms with Crippen molar-refractivity contribution < 1.29 is 5.11 Å². The first-order valence-corrected chi connectivity index (χ1v) is 8.58. The van der Waals surface area contributed by atoms with Gasteiger partial charge < -0.3 is 10.8 Å². The van der Waals surface area contributed by atoms with Crippen LogP contribution in [-0.2, 0) is 10.8 Å². The topological polar surface area (TPSA) is 46.2 Å². The van der Waals surface area contributed by atoms with Gasteiger partial charge in [-0.2, -0.15) is 0 Å². The Morgan fingerprint density at radius 1 is 0.957 bits per heavy atom. The molecule has 0 amide bonds. The molecule has 0 saturated carbocycles. The summed E-state index contributed by atoms with van der Waals surface area (Å²) in [4.78, 5) is 0. The Hall–Kier alpha value is -1.70. The molecular weight excluding hydrogens is 282 g/mol. The molecule has 0 aliphatic heterocycles. The van der Waals surface area contributed by atoms with Crippen molar-refractivity contribution in [1.29, 1.82) is 0 Å². The predicted molar refractivity (Wildman–Crippen MR) is 101 cm³/mol. The lowest BCUT2D eigenvalue weighted by Gasteiger charge is -2.31. The SMILES string of the molecule is CCC(C)(C)c1cc(N)c2cc(C(C)(C)C(C)C)cc(O)c2c1. The monoisotopic (exact) mass is 313 g/mol. The molecule has 2 aromatic carbocycles. The molecule has 0 atom stereocenters. The van der Waals surface area contributed by atoms with Crippen LogP contribution in [0.4, 0.5) is 5.69 Å². The number of rotatable bonds is 4. The molecule has 0 radical (unpaired) electrons. The van der Waals surface area contributed by atoms with Crippen LogP contribution in [0.25, 0.3) is 10.8 Å². The van der Waals surface area contributed by atoms with Crippen LogP contribution in [0.1, 0.15) is 66.0 Å². The Morgan fingerprint density at radius 2 is 1.52 bits per heavy atom. The third kappa shape index (κ3) is 3.04. The highest BCUT2D eigenvalue weighted by molar-refractivity contribution is 5.98. The molecule has 0 aliphatic carbocycles. The normalized spacial score (nSPS) is 13.0. The van der Waals surface area contributed by atoms with E-state index in [9.17, 15) is 5.11 Å². The molecule has 2 heteroatoms. The zero-order valence-electron chi connectivity index (χ0n) is 15.6. The fourth-order valence-electron chi connectivity index (χ4n) is 2.77. The lowest BCUT2D eigenvalue weighted by atomic mass is 9.74. The van der Waals surface area contributed by atoms with Gasteiger partial charge in [-0.05, 0) is 58.6 Å². The molecule has 0 unspecified atom stereocenters. The molecule has 3 N–H and O–H groups in total. The molecule has 126 valence electrons. The second-order valence-corrected chi connectivity index (χ2v) is 8.27. The van der Waals surface area contributed by atoms with Crippen LogP contribution in [-0.4, -0.2) is 5.11 Å². The van der Waals surface area contributed by atoms with Crippen LogP contribution in [0.15, 0.2) is 24.3 Å². The van der Waals surface area contributed by atoms with Gasteiger partial charge in [0.15, 0.2) is 0 Å². The van der Waals surface area contributed by atoms with Gasteiger partial charge >= 0.3 is 0 Å². The molecule has 2 nitrogen and oxygen atoms in total. The number of nitrogen functional groups attached to an aromatic ring is 1. The lowest BCUT2D eigenvalue weighted by molar-refractivity contribution is 0.370. The Balaban J connectivity index is 2.73. The summed E-state index contributed by atoms with van der Waals surface area (Å²) in [5.74, 6) is 0.797. The van der Waals surface area contributed by atoms with Gasteiger partial charge in [0.05, 0.1) is 0 Å². The Kier molecular flexibility index (Phi) is 4.40. The van der Waals surface area contributed by atoms with E-state index >= 15 is 0 Å². The summed E-state index contributed by atoms with van der Waals surface area (Å²) < 4.78 is 0. The summed E-state index contributed by atoms with van der Waals surface area (Å²) in [7, 11) is 0. The summed E-state index contributed by atoms with van der Waals surface area (Å²) in [6.07, 6.45) is 1.02. The zero-order valence-corrected chi connectivity index (χ0v) is 15.6. The van der Waals surface area contributed by atoms with Crippen molar-refractivity contribution in [3.05, 3.63) is 35.4 Å². The quantitative estimate of drug-likeness (QED) is 0.706. The second-order valence-electron chi connectivity index (χ2n) is 8.27. The maximum atomic E-state index is 10.6. The Bertz CT molecular complexity index is 726. The number of benzene rings is 2. The third-order valence-corrected chi connectivity index (χ3v) is 5.93. The molecule has 0 bridgehead atoms. The summed E-state index contributed by atoms with van der Waals surface area (Å²) in [5.41, 5.74) is 9.44. The molecule has 2 rings (SSSR count). The summed E-state index contributed by atoms with van der Waals surface area (Å²) in [5, 5.41) is 12.4. The maximum Gasteiger partial charge on any atom is 0.123 e. The van der Waals surface area contributed by atoms with Crippen molar-refractivity contribution in [2.45, 2.75) is 65.7 Å². The van der Waals surface area contributed by atoms with Gasteiger partial charge in [0.1, 0.15) is 5.75 Å². The minimum atomic E-state index is -0.0144. The number of aromatic hydroxyl groups is 1. The number of phenolic OH excluding ortho intramolecular Hbond substituents is 1. The molecule has 23 heavy (non-hydrogen) atoms. The van der Waals surface area contributed by atoms with Gasteiger partial charge in [-0.3, -0.25) is 0 Å². The Labute approximate surface area is 140 Å². The second kappa shape index (κ2) is 5.74. The standard InChI is InChI=1S/C21H31NO/c1-8-20(4,5)14-9-17-16(18(22)11-14)10-15(12-19(17)23)21(6,7)13(2)3/h9-13,23H,8,22H2,1-7H3. The van der Waals surface area contributed by atoms with Crippen LogP contribution in [0, 0.1) is 5.92 Å². The summed E-state index contributed by atoms with van der Waals surface area (Å²) in [6, 6.07) is 8.21. The van der Waals surface area contributed by atoms with E-state index in [2.05, 4.69) is 66.7 Å². The van der Waals surface area contributed by atoms with Gasteiger partial charge in [-0.25, -0.2) is 0 Å². The lowest BCUT2D eigenvalue weighted by Crippen LogP contribution is -2.24. The van der Waals surface area contributed by atoms with Crippen molar-refractivity contribution >= 4 is 16.5 Å². The molecular formula is C21H31NO. The Morgan fingerprint density at radius 3 is 2.04 bits per heavy atom. The van der Waals surface area contributed by atoms with E-state index in [1.54, 1.807) is 0 Å². The zero-order chi connectivity index (χ0) is 17.6.